The molecule has 1 aliphatic heterocycles. The Labute approximate surface area is 274 Å². The molecule has 1 amide bonds. The molecule has 0 radical (unpaired) electrons. The highest BCUT2D eigenvalue weighted by Gasteiger charge is 2.37. The minimum atomic E-state index is -0.0719. The lowest BCUT2D eigenvalue weighted by molar-refractivity contribution is 0.0949. The summed E-state index contributed by atoms with van der Waals surface area (Å²) in [6.45, 7) is 13.6. The van der Waals surface area contributed by atoms with Crippen LogP contribution in [0.3, 0.4) is 0 Å². The number of carbonyl (C=O) groups is 2. The molecule has 2 aliphatic rings. The summed E-state index contributed by atoms with van der Waals surface area (Å²) in [5, 5.41) is 7.48. The minimum Gasteiger partial charge on any atom is -0.351 e. The van der Waals surface area contributed by atoms with Gasteiger partial charge in [-0.3, -0.25) is 9.59 Å². The van der Waals surface area contributed by atoms with Gasteiger partial charge in [-0.25, -0.2) is 0 Å². The number of likely N-dealkylation sites (N-methyl/N-ethyl adjacent to an activating group) is 1. The summed E-state index contributed by atoms with van der Waals surface area (Å²) in [6, 6.07) is 13.6. The second kappa shape index (κ2) is 16.5. The van der Waals surface area contributed by atoms with Gasteiger partial charge in [0.1, 0.15) is 0 Å². The van der Waals surface area contributed by atoms with E-state index in [2.05, 4.69) is 73.2 Å². The molecule has 1 saturated heterocycles. The fourth-order valence-electron chi connectivity index (χ4n) is 6.09. The Kier molecular flexibility index (Phi) is 13.0. The number of ketones is 1. The summed E-state index contributed by atoms with van der Waals surface area (Å²) in [4.78, 5) is 27.9. The maximum atomic E-state index is 13.0. The third kappa shape index (κ3) is 10.2. The lowest BCUT2D eigenvalue weighted by Gasteiger charge is -2.42. The van der Waals surface area contributed by atoms with Crippen molar-refractivity contribution in [2.75, 3.05) is 45.5 Å². The van der Waals surface area contributed by atoms with Gasteiger partial charge in [-0.1, -0.05) is 92.5 Å². The standard InChI is InChI=1S/C37H53N3O2S2/c1-36(2)19-20-37(3,4)33-27-30(15-16-32(33)36)34(41)17-12-28-10-13-29(14-11-28)35(42)39-23-25-40(5)24-22-38-21-8-6-7-9-31-18-26-43-44-31/h10-17,27,31,38H,6-9,18-26H2,1-5H3,(H,39,42)/b17-12+. The van der Waals surface area contributed by atoms with Crippen LogP contribution in [0.25, 0.3) is 6.08 Å². The first-order valence-electron chi connectivity index (χ1n) is 16.5. The van der Waals surface area contributed by atoms with Gasteiger partial charge in [-0.05, 0) is 97.5 Å². The molecular weight excluding hydrogens is 583 g/mol. The van der Waals surface area contributed by atoms with E-state index in [4.69, 9.17) is 0 Å². The molecule has 1 unspecified atom stereocenters. The van der Waals surface area contributed by atoms with Crippen molar-refractivity contribution in [3.05, 3.63) is 76.4 Å². The van der Waals surface area contributed by atoms with Gasteiger partial charge in [0.15, 0.2) is 5.78 Å². The summed E-state index contributed by atoms with van der Waals surface area (Å²) < 4.78 is 0. The van der Waals surface area contributed by atoms with Gasteiger partial charge in [0.05, 0.1) is 0 Å². The van der Waals surface area contributed by atoms with E-state index in [0.717, 1.165) is 55.4 Å². The number of amides is 1. The van der Waals surface area contributed by atoms with E-state index in [9.17, 15) is 9.59 Å². The Bertz CT molecular complexity index is 1270. The van der Waals surface area contributed by atoms with E-state index in [1.807, 2.05) is 47.2 Å². The molecule has 1 heterocycles. The zero-order chi connectivity index (χ0) is 31.6. The first kappa shape index (κ1) is 34.8. The zero-order valence-electron chi connectivity index (χ0n) is 27.5. The summed E-state index contributed by atoms with van der Waals surface area (Å²) in [5.74, 6) is 1.26. The maximum Gasteiger partial charge on any atom is 0.251 e. The molecule has 1 aliphatic carbocycles. The summed E-state index contributed by atoms with van der Waals surface area (Å²) in [7, 11) is 6.22. The van der Waals surface area contributed by atoms with Crippen LogP contribution in [0.2, 0.25) is 0 Å². The summed E-state index contributed by atoms with van der Waals surface area (Å²) in [6.07, 6.45) is 12.4. The minimum absolute atomic E-state index is 0.00115. The molecule has 0 aromatic heterocycles. The Morgan fingerprint density at radius 2 is 1.59 bits per heavy atom. The first-order chi connectivity index (χ1) is 21.0. The molecule has 0 saturated carbocycles. The van der Waals surface area contributed by atoms with Crippen molar-refractivity contribution < 1.29 is 9.59 Å². The predicted octanol–water partition coefficient (Wildman–Crippen LogP) is 7.90. The van der Waals surface area contributed by atoms with E-state index in [0.29, 0.717) is 12.1 Å². The van der Waals surface area contributed by atoms with Gasteiger partial charge in [-0.15, -0.1) is 0 Å². The fourth-order valence-corrected chi connectivity index (χ4v) is 9.12. The Hall–Kier alpha value is -2.06. The average molecular weight is 636 g/mol. The molecule has 2 aromatic rings. The van der Waals surface area contributed by atoms with Crippen molar-refractivity contribution in [2.45, 2.75) is 88.7 Å². The van der Waals surface area contributed by atoms with E-state index in [1.165, 1.54) is 49.0 Å². The number of fused-ring (bicyclic) bond motifs is 1. The van der Waals surface area contributed by atoms with Gasteiger partial charge < -0.3 is 15.5 Å². The Balaban J connectivity index is 1.13. The van der Waals surface area contributed by atoms with Crippen molar-refractivity contribution in [1.29, 1.82) is 0 Å². The zero-order valence-corrected chi connectivity index (χ0v) is 29.2. The molecule has 5 nitrogen and oxygen atoms in total. The number of nitrogens with one attached hydrogen (secondary N) is 2. The van der Waals surface area contributed by atoms with Crippen LogP contribution in [0.5, 0.6) is 0 Å². The number of hydrogen-bond donors (Lipinski definition) is 2. The topological polar surface area (TPSA) is 61.4 Å². The number of allylic oxidation sites excluding steroid dienone is 1. The van der Waals surface area contributed by atoms with Gasteiger partial charge in [0.25, 0.3) is 5.91 Å². The molecule has 4 rings (SSSR count). The molecule has 7 heteroatoms. The van der Waals surface area contributed by atoms with Crippen molar-refractivity contribution in [3.8, 4) is 0 Å². The Morgan fingerprint density at radius 3 is 2.32 bits per heavy atom. The summed E-state index contributed by atoms with van der Waals surface area (Å²) >= 11 is 0. The highest BCUT2D eigenvalue weighted by molar-refractivity contribution is 8.77. The number of hydrogen-bond acceptors (Lipinski definition) is 6. The molecule has 44 heavy (non-hydrogen) atoms. The number of carbonyl (C=O) groups excluding carboxylic acids is 2. The van der Waals surface area contributed by atoms with E-state index < -0.39 is 0 Å². The largest absolute Gasteiger partial charge is 0.351 e. The van der Waals surface area contributed by atoms with Crippen LogP contribution in [0.4, 0.5) is 0 Å². The van der Waals surface area contributed by atoms with Gasteiger partial charge in [0.2, 0.25) is 0 Å². The van der Waals surface area contributed by atoms with Gasteiger partial charge in [-0.2, -0.15) is 0 Å². The van der Waals surface area contributed by atoms with Crippen LogP contribution < -0.4 is 10.6 Å². The summed E-state index contributed by atoms with van der Waals surface area (Å²) in [5.41, 5.74) is 5.11. The van der Waals surface area contributed by atoms with Crippen molar-refractivity contribution in [1.82, 2.24) is 15.5 Å². The molecule has 2 aromatic carbocycles. The molecule has 240 valence electrons. The Morgan fingerprint density at radius 1 is 0.886 bits per heavy atom. The highest BCUT2D eigenvalue weighted by atomic mass is 33.1. The fraction of sp³-hybridized carbons (Fsp3) is 0.568. The lowest BCUT2D eigenvalue weighted by atomic mass is 9.63. The molecule has 0 bridgehead atoms. The number of unbranched alkanes of at least 4 members (excludes halogenated alkanes) is 2. The quantitative estimate of drug-likeness (QED) is 0.0847. The van der Waals surface area contributed by atoms with Gasteiger partial charge >= 0.3 is 0 Å². The first-order valence-corrected chi connectivity index (χ1v) is 18.9. The van der Waals surface area contributed by atoms with Crippen LogP contribution >= 0.6 is 21.6 Å². The number of nitrogens with zero attached hydrogens (tertiary/aromatic N) is 1. The molecule has 1 atom stereocenters. The second-order valence-electron chi connectivity index (χ2n) is 13.8. The second-order valence-corrected chi connectivity index (χ2v) is 16.6. The third-order valence-corrected chi connectivity index (χ3v) is 12.3. The monoisotopic (exact) mass is 635 g/mol. The van der Waals surface area contributed by atoms with E-state index in [-0.39, 0.29) is 22.5 Å². The van der Waals surface area contributed by atoms with E-state index >= 15 is 0 Å². The average Bonchev–Trinajstić information content (AvgIpc) is 3.53. The normalized spacial score (nSPS) is 18.9. The predicted molar refractivity (Wildman–Crippen MR) is 191 cm³/mol. The third-order valence-electron chi connectivity index (χ3n) is 9.29. The van der Waals surface area contributed by atoms with Crippen molar-refractivity contribution in [3.63, 3.8) is 0 Å². The maximum absolute atomic E-state index is 13.0. The van der Waals surface area contributed by atoms with E-state index in [1.54, 1.807) is 6.08 Å². The molecule has 2 N–H and O–H groups in total. The number of benzene rings is 2. The van der Waals surface area contributed by atoms with Gasteiger partial charge in [0, 0.05) is 48.3 Å². The van der Waals surface area contributed by atoms with Crippen LogP contribution in [0.1, 0.15) is 110 Å². The van der Waals surface area contributed by atoms with Crippen LogP contribution in [-0.4, -0.2) is 67.4 Å². The van der Waals surface area contributed by atoms with Crippen LogP contribution in [0, 0.1) is 0 Å². The number of rotatable bonds is 16. The molecule has 1 fully saturated rings. The smallest absolute Gasteiger partial charge is 0.251 e. The van der Waals surface area contributed by atoms with Crippen LogP contribution in [0.15, 0.2) is 48.5 Å². The lowest BCUT2D eigenvalue weighted by Crippen LogP contribution is -2.36. The molecular formula is C37H53N3O2S2. The van der Waals surface area contributed by atoms with Crippen molar-refractivity contribution >= 4 is 39.4 Å². The molecule has 0 spiro atoms. The SMILES string of the molecule is CN(CCNCCCCCC1CCSS1)CCNC(=O)c1ccc(/C=C/C(=O)c2ccc3c(c2)C(C)(C)CCC3(C)C)cc1. The van der Waals surface area contributed by atoms with Crippen LogP contribution in [-0.2, 0) is 10.8 Å². The van der Waals surface area contributed by atoms with Crippen molar-refractivity contribution in [2.24, 2.45) is 0 Å². The highest BCUT2D eigenvalue weighted by Crippen LogP contribution is 2.46.